The molecule has 0 atom stereocenters. The first-order chi connectivity index (χ1) is 14.0. The Labute approximate surface area is 170 Å². The summed E-state index contributed by atoms with van der Waals surface area (Å²) in [6.07, 6.45) is 1.44. The van der Waals surface area contributed by atoms with Gasteiger partial charge in [-0.1, -0.05) is 26.0 Å². The van der Waals surface area contributed by atoms with E-state index in [1.807, 2.05) is 12.1 Å². The van der Waals surface area contributed by atoms with Crippen molar-refractivity contribution in [2.45, 2.75) is 19.8 Å². The van der Waals surface area contributed by atoms with Crippen LogP contribution in [0.4, 0.5) is 23.3 Å². The highest BCUT2D eigenvalue weighted by Gasteiger charge is 2.14. The van der Waals surface area contributed by atoms with Crippen molar-refractivity contribution >= 4 is 23.3 Å². The lowest BCUT2D eigenvalue weighted by molar-refractivity contribution is 0.324. The Balaban J connectivity index is 1.79. The van der Waals surface area contributed by atoms with Gasteiger partial charge in [0.2, 0.25) is 17.6 Å². The van der Waals surface area contributed by atoms with E-state index in [4.69, 9.17) is 14.2 Å². The van der Waals surface area contributed by atoms with Gasteiger partial charge in [0.1, 0.15) is 6.33 Å². The van der Waals surface area contributed by atoms with Crippen molar-refractivity contribution in [1.82, 2.24) is 15.0 Å². The fourth-order valence-electron chi connectivity index (χ4n) is 2.78. The van der Waals surface area contributed by atoms with Crippen molar-refractivity contribution in [2.75, 3.05) is 32.0 Å². The van der Waals surface area contributed by atoms with Gasteiger partial charge in [-0.15, -0.1) is 0 Å². The average molecular weight is 395 g/mol. The van der Waals surface area contributed by atoms with E-state index in [9.17, 15) is 0 Å². The van der Waals surface area contributed by atoms with Gasteiger partial charge in [0.15, 0.2) is 11.5 Å². The highest BCUT2D eigenvalue weighted by Crippen LogP contribution is 2.40. The maximum Gasteiger partial charge on any atom is 0.232 e. The molecule has 0 saturated carbocycles. The molecule has 8 heteroatoms. The Morgan fingerprint density at radius 1 is 0.759 bits per heavy atom. The fraction of sp³-hybridized carbons (Fsp3) is 0.286. The number of aromatic nitrogens is 3. The largest absolute Gasteiger partial charge is 0.493 e. The van der Waals surface area contributed by atoms with Crippen LogP contribution in [0.25, 0.3) is 0 Å². The molecule has 0 radical (unpaired) electrons. The van der Waals surface area contributed by atoms with Gasteiger partial charge in [-0.25, -0.2) is 9.97 Å². The summed E-state index contributed by atoms with van der Waals surface area (Å²) >= 11 is 0. The van der Waals surface area contributed by atoms with Gasteiger partial charge >= 0.3 is 0 Å². The van der Waals surface area contributed by atoms with Gasteiger partial charge in [-0.2, -0.15) is 4.98 Å². The quantitative estimate of drug-likeness (QED) is 0.576. The Hall–Kier alpha value is -3.55. The highest BCUT2D eigenvalue weighted by atomic mass is 16.5. The highest BCUT2D eigenvalue weighted by molar-refractivity contribution is 5.66. The van der Waals surface area contributed by atoms with E-state index >= 15 is 0 Å². The summed E-state index contributed by atoms with van der Waals surface area (Å²) in [5, 5.41) is 6.33. The van der Waals surface area contributed by atoms with E-state index in [0.717, 1.165) is 5.69 Å². The molecular formula is C21H25N5O3. The molecule has 0 aliphatic heterocycles. The smallest absolute Gasteiger partial charge is 0.232 e. The zero-order chi connectivity index (χ0) is 20.8. The molecule has 0 fully saturated rings. The molecule has 2 aromatic carbocycles. The Morgan fingerprint density at radius 2 is 1.31 bits per heavy atom. The molecule has 2 N–H and O–H groups in total. The van der Waals surface area contributed by atoms with Gasteiger partial charge < -0.3 is 24.8 Å². The molecule has 1 heterocycles. The van der Waals surface area contributed by atoms with E-state index in [0.29, 0.717) is 40.8 Å². The van der Waals surface area contributed by atoms with Crippen LogP contribution in [-0.2, 0) is 0 Å². The minimum Gasteiger partial charge on any atom is -0.493 e. The van der Waals surface area contributed by atoms with Crippen LogP contribution in [-0.4, -0.2) is 36.3 Å². The molecule has 152 valence electrons. The van der Waals surface area contributed by atoms with Crippen LogP contribution >= 0.6 is 0 Å². The summed E-state index contributed by atoms with van der Waals surface area (Å²) in [6.45, 7) is 4.32. The van der Waals surface area contributed by atoms with Gasteiger partial charge in [-0.05, 0) is 23.6 Å². The van der Waals surface area contributed by atoms with Crippen molar-refractivity contribution in [2.24, 2.45) is 0 Å². The molecule has 29 heavy (non-hydrogen) atoms. The number of rotatable bonds is 8. The first-order valence-corrected chi connectivity index (χ1v) is 9.17. The normalized spacial score (nSPS) is 10.6. The van der Waals surface area contributed by atoms with E-state index in [-0.39, 0.29) is 0 Å². The van der Waals surface area contributed by atoms with Gasteiger partial charge in [0, 0.05) is 23.5 Å². The van der Waals surface area contributed by atoms with Crippen molar-refractivity contribution in [3.63, 3.8) is 0 Å². The topological polar surface area (TPSA) is 90.4 Å². The first kappa shape index (κ1) is 20.2. The molecule has 0 aliphatic rings. The molecule has 1 aromatic heterocycles. The molecule has 3 aromatic rings. The molecular weight excluding hydrogens is 370 g/mol. The molecule has 0 aliphatic carbocycles. The summed E-state index contributed by atoms with van der Waals surface area (Å²) in [6, 6.07) is 11.7. The fourth-order valence-corrected chi connectivity index (χ4v) is 2.78. The van der Waals surface area contributed by atoms with E-state index in [2.05, 4.69) is 51.6 Å². The summed E-state index contributed by atoms with van der Waals surface area (Å²) < 4.78 is 16.1. The molecule has 0 bridgehead atoms. The van der Waals surface area contributed by atoms with Gasteiger partial charge in [-0.3, -0.25) is 0 Å². The number of anilines is 4. The molecule has 0 saturated heterocycles. The van der Waals surface area contributed by atoms with Gasteiger partial charge in [0.05, 0.1) is 21.3 Å². The SMILES string of the molecule is COc1cc(Nc2ncnc(Nc3ccc(C(C)C)cc3)n2)cc(OC)c1OC. The summed E-state index contributed by atoms with van der Waals surface area (Å²) in [4.78, 5) is 12.8. The number of methoxy groups -OCH3 is 3. The predicted molar refractivity (Wildman–Crippen MR) is 113 cm³/mol. The summed E-state index contributed by atoms with van der Waals surface area (Å²) in [7, 11) is 4.69. The van der Waals surface area contributed by atoms with E-state index in [1.165, 1.54) is 11.9 Å². The zero-order valence-electron chi connectivity index (χ0n) is 17.2. The monoisotopic (exact) mass is 395 g/mol. The first-order valence-electron chi connectivity index (χ1n) is 9.17. The minimum atomic E-state index is 0.385. The van der Waals surface area contributed by atoms with Crippen LogP contribution in [0.1, 0.15) is 25.3 Å². The summed E-state index contributed by atoms with van der Waals surface area (Å²) in [5.41, 5.74) is 2.87. The lowest BCUT2D eigenvalue weighted by atomic mass is 10.0. The van der Waals surface area contributed by atoms with E-state index < -0.39 is 0 Å². The maximum absolute atomic E-state index is 5.38. The second-order valence-electron chi connectivity index (χ2n) is 6.57. The van der Waals surface area contributed by atoms with Crippen LogP contribution < -0.4 is 24.8 Å². The standard InChI is InChI=1S/C21H25N5O3/c1-13(2)14-6-8-15(9-7-14)24-20-22-12-23-21(26-20)25-16-10-17(27-3)19(29-5)18(11-16)28-4/h6-13H,1-5H3,(H2,22,23,24,25,26). The zero-order valence-corrected chi connectivity index (χ0v) is 17.2. The number of nitrogens with zero attached hydrogens (tertiary/aromatic N) is 3. The summed E-state index contributed by atoms with van der Waals surface area (Å²) in [5.74, 6) is 2.89. The van der Waals surface area contributed by atoms with E-state index in [1.54, 1.807) is 33.5 Å². The van der Waals surface area contributed by atoms with Crippen LogP contribution in [0, 0.1) is 0 Å². The Bertz CT molecular complexity index is 936. The van der Waals surface area contributed by atoms with Crippen LogP contribution in [0.5, 0.6) is 17.2 Å². The van der Waals surface area contributed by atoms with Crippen LogP contribution in [0.3, 0.4) is 0 Å². The molecule has 8 nitrogen and oxygen atoms in total. The third-order valence-corrected chi connectivity index (χ3v) is 4.33. The lowest BCUT2D eigenvalue weighted by Gasteiger charge is -2.14. The third kappa shape index (κ3) is 4.84. The Morgan fingerprint density at radius 3 is 1.79 bits per heavy atom. The number of hydrogen-bond acceptors (Lipinski definition) is 8. The second-order valence-corrected chi connectivity index (χ2v) is 6.57. The van der Waals surface area contributed by atoms with Crippen molar-refractivity contribution in [3.05, 3.63) is 48.3 Å². The number of hydrogen-bond donors (Lipinski definition) is 2. The lowest BCUT2D eigenvalue weighted by Crippen LogP contribution is -2.03. The van der Waals surface area contributed by atoms with Crippen molar-refractivity contribution in [3.8, 4) is 17.2 Å². The number of nitrogens with one attached hydrogen (secondary N) is 2. The molecule has 3 rings (SSSR count). The van der Waals surface area contributed by atoms with Crippen molar-refractivity contribution < 1.29 is 14.2 Å². The average Bonchev–Trinajstić information content (AvgIpc) is 2.73. The number of benzene rings is 2. The third-order valence-electron chi connectivity index (χ3n) is 4.33. The van der Waals surface area contributed by atoms with Gasteiger partial charge in [0.25, 0.3) is 0 Å². The predicted octanol–water partition coefficient (Wildman–Crippen LogP) is 4.51. The molecule has 0 spiro atoms. The number of ether oxygens (including phenoxy) is 3. The molecule has 0 unspecified atom stereocenters. The minimum absolute atomic E-state index is 0.385. The van der Waals surface area contributed by atoms with Crippen LogP contribution in [0.15, 0.2) is 42.7 Å². The Kier molecular flexibility index (Phi) is 6.33. The van der Waals surface area contributed by atoms with Crippen molar-refractivity contribution in [1.29, 1.82) is 0 Å². The second kappa shape index (κ2) is 9.09. The maximum atomic E-state index is 5.38. The van der Waals surface area contributed by atoms with Crippen LogP contribution in [0.2, 0.25) is 0 Å². The molecule has 0 amide bonds.